The molecule has 4 nitrogen and oxygen atoms in total. The minimum absolute atomic E-state index is 0.169. The lowest BCUT2D eigenvalue weighted by Crippen LogP contribution is -2.02. The van der Waals surface area contributed by atoms with Gasteiger partial charge in [0.15, 0.2) is 5.76 Å². The molecule has 0 aliphatic carbocycles. The molecular weight excluding hydrogens is 264 g/mol. The van der Waals surface area contributed by atoms with E-state index in [1.807, 2.05) is 6.92 Å². The number of aryl methyl sites for hydroxylation is 1. The van der Waals surface area contributed by atoms with Crippen LogP contribution in [0.1, 0.15) is 21.8 Å². The Kier molecular flexibility index (Phi) is 2.68. The molecule has 2 aromatic heterocycles. The minimum Gasteiger partial charge on any atom is -0.453 e. The lowest BCUT2D eigenvalue weighted by Gasteiger charge is -1.96. The smallest absolute Gasteiger partial charge is 0.231 e. The first-order chi connectivity index (χ1) is 9.06. The van der Waals surface area contributed by atoms with Gasteiger partial charge in [0.25, 0.3) is 0 Å². The molecule has 0 bridgehead atoms. The van der Waals surface area contributed by atoms with Gasteiger partial charge in [0, 0.05) is 23.2 Å². The van der Waals surface area contributed by atoms with Gasteiger partial charge in [-0.05, 0) is 31.2 Å². The topological polar surface area (TPSA) is 48.0 Å². The number of hydrogen-bond acceptors (Lipinski definition) is 3. The molecule has 5 heteroatoms. The third-order valence-corrected chi connectivity index (χ3v) is 3.42. The van der Waals surface area contributed by atoms with Gasteiger partial charge in [-0.1, -0.05) is 11.6 Å². The van der Waals surface area contributed by atoms with Crippen LogP contribution in [0.15, 0.2) is 34.9 Å². The maximum absolute atomic E-state index is 12.4. The van der Waals surface area contributed by atoms with E-state index in [1.165, 1.54) is 0 Å². The van der Waals surface area contributed by atoms with Gasteiger partial charge in [-0.2, -0.15) is 5.10 Å². The molecule has 0 saturated carbocycles. The molecule has 0 aliphatic rings. The molecule has 96 valence electrons. The molecule has 0 fully saturated rings. The van der Waals surface area contributed by atoms with Gasteiger partial charge in [-0.15, -0.1) is 0 Å². The number of fused-ring (bicyclic) bond motifs is 1. The van der Waals surface area contributed by atoms with Crippen LogP contribution in [0.2, 0.25) is 5.02 Å². The molecule has 1 aromatic carbocycles. The van der Waals surface area contributed by atoms with E-state index < -0.39 is 0 Å². The van der Waals surface area contributed by atoms with E-state index in [0.717, 1.165) is 11.1 Å². The molecule has 0 aliphatic heterocycles. The van der Waals surface area contributed by atoms with E-state index >= 15 is 0 Å². The number of nitrogens with zero attached hydrogens (tertiary/aromatic N) is 2. The lowest BCUT2D eigenvalue weighted by molar-refractivity contribution is 0.101. The standard InChI is InChI=1S/C14H11ClN2O2/c1-8-11(7-16-17(8)2)14(18)13-6-9-5-10(15)3-4-12(9)19-13/h3-7H,1-2H3. The number of hydrogen-bond donors (Lipinski definition) is 0. The van der Waals surface area contributed by atoms with Crippen LogP contribution in [-0.4, -0.2) is 15.6 Å². The number of benzene rings is 1. The van der Waals surface area contributed by atoms with Crippen molar-refractivity contribution in [3.63, 3.8) is 0 Å². The minimum atomic E-state index is -0.169. The summed E-state index contributed by atoms with van der Waals surface area (Å²) in [6, 6.07) is 6.96. The van der Waals surface area contributed by atoms with Crippen LogP contribution in [0.4, 0.5) is 0 Å². The second-order valence-electron chi connectivity index (χ2n) is 4.39. The molecule has 19 heavy (non-hydrogen) atoms. The van der Waals surface area contributed by atoms with Crippen LogP contribution >= 0.6 is 11.6 Å². The lowest BCUT2D eigenvalue weighted by atomic mass is 10.1. The Labute approximate surface area is 114 Å². The summed E-state index contributed by atoms with van der Waals surface area (Å²) in [5, 5.41) is 5.50. The molecule has 3 rings (SSSR count). The highest BCUT2D eigenvalue weighted by atomic mass is 35.5. The van der Waals surface area contributed by atoms with Gasteiger partial charge in [0.05, 0.1) is 11.8 Å². The van der Waals surface area contributed by atoms with E-state index in [2.05, 4.69) is 5.10 Å². The Morgan fingerprint density at radius 2 is 2.16 bits per heavy atom. The first-order valence-electron chi connectivity index (χ1n) is 5.78. The number of ketones is 1. The van der Waals surface area contributed by atoms with Crippen molar-refractivity contribution < 1.29 is 9.21 Å². The third kappa shape index (κ3) is 1.94. The highest BCUT2D eigenvalue weighted by Crippen LogP contribution is 2.25. The predicted octanol–water partition coefficient (Wildman–Crippen LogP) is 3.36. The predicted molar refractivity (Wildman–Crippen MR) is 72.6 cm³/mol. The van der Waals surface area contributed by atoms with Gasteiger partial charge in [-0.3, -0.25) is 9.48 Å². The zero-order chi connectivity index (χ0) is 13.6. The number of halogens is 1. The van der Waals surface area contributed by atoms with Crippen molar-refractivity contribution in [2.24, 2.45) is 7.05 Å². The fraction of sp³-hybridized carbons (Fsp3) is 0.143. The molecule has 0 atom stereocenters. The molecule has 0 spiro atoms. The molecule has 0 saturated heterocycles. The van der Waals surface area contributed by atoms with Gasteiger partial charge < -0.3 is 4.42 Å². The zero-order valence-electron chi connectivity index (χ0n) is 10.5. The first kappa shape index (κ1) is 12.0. The summed E-state index contributed by atoms with van der Waals surface area (Å²) in [4.78, 5) is 12.4. The Bertz CT molecular complexity index is 786. The van der Waals surface area contributed by atoms with Gasteiger partial charge >= 0.3 is 0 Å². The van der Waals surface area contributed by atoms with E-state index in [0.29, 0.717) is 21.9 Å². The third-order valence-electron chi connectivity index (χ3n) is 3.18. The summed E-state index contributed by atoms with van der Waals surface area (Å²) in [5.41, 5.74) is 2.01. The summed E-state index contributed by atoms with van der Waals surface area (Å²) < 4.78 is 7.22. The second-order valence-corrected chi connectivity index (χ2v) is 4.83. The van der Waals surface area contributed by atoms with Gasteiger partial charge in [-0.25, -0.2) is 0 Å². The average Bonchev–Trinajstić information content (AvgIpc) is 2.93. The number of furan rings is 1. The van der Waals surface area contributed by atoms with Crippen LogP contribution < -0.4 is 0 Å². The van der Waals surface area contributed by atoms with E-state index in [-0.39, 0.29) is 5.78 Å². The van der Waals surface area contributed by atoms with Crippen molar-refractivity contribution in [3.8, 4) is 0 Å². The van der Waals surface area contributed by atoms with Crippen molar-refractivity contribution in [1.29, 1.82) is 0 Å². The Hall–Kier alpha value is -2.07. The molecule has 0 radical (unpaired) electrons. The number of aromatic nitrogens is 2. The maximum atomic E-state index is 12.4. The zero-order valence-corrected chi connectivity index (χ0v) is 11.2. The fourth-order valence-electron chi connectivity index (χ4n) is 1.98. The van der Waals surface area contributed by atoms with E-state index in [1.54, 1.807) is 42.2 Å². The van der Waals surface area contributed by atoms with Gasteiger partial charge in [0.1, 0.15) is 5.58 Å². The number of carbonyl (C=O) groups excluding carboxylic acids is 1. The quantitative estimate of drug-likeness (QED) is 0.673. The number of rotatable bonds is 2. The average molecular weight is 275 g/mol. The van der Waals surface area contributed by atoms with Crippen LogP contribution in [0, 0.1) is 6.92 Å². The highest BCUT2D eigenvalue weighted by Gasteiger charge is 2.19. The largest absolute Gasteiger partial charge is 0.453 e. The van der Waals surface area contributed by atoms with E-state index in [4.69, 9.17) is 16.0 Å². The van der Waals surface area contributed by atoms with E-state index in [9.17, 15) is 4.79 Å². The fourth-order valence-corrected chi connectivity index (χ4v) is 2.16. The molecular formula is C14H11ClN2O2. The summed E-state index contributed by atoms with van der Waals surface area (Å²) in [5.74, 6) is 0.131. The summed E-state index contributed by atoms with van der Waals surface area (Å²) in [7, 11) is 1.80. The van der Waals surface area contributed by atoms with Crippen LogP contribution in [0.5, 0.6) is 0 Å². The SMILES string of the molecule is Cc1c(C(=O)c2cc3cc(Cl)ccc3o2)cnn1C. The van der Waals surface area contributed by atoms with Gasteiger partial charge in [0.2, 0.25) is 5.78 Å². The van der Waals surface area contributed by atoms with Crippen LogP contribution in [-0.2, 0) is 7.05 Å². The molecule has 0 N–H and O–H groups in total. The highest BCUT2D eigenvalue weighted by molar-refractivity contribution is 6.31. The molecule has 0 unspecified atom stereocenters. The molecule has 0 amide bonds. The summed E-state index contributed by atoms with van der Waals surface area (Å²) in [6.07, 6.45) is 1.55. The number of carbonyl (C=O) groups is 1. The Morgan fingerprint density at radius 3 is 2.84 bits per heavy atom. The Balaban J connectivity index is 2.09. The summed E-state index contributed by atoms with van der Waals surface area (Å²) >= 11 is 5.91. The van der Waals surface area contributed by atoms with Crippen LogP contribution in [0.25, 0.3) is 11.0 Å². The maximum Gasteiger partial charge on any atom is 0.231 e. The normalized spacial score (nSPS) is 11.1. The van der Waals surface area contributed by atoms with Crippen LogP contribution in [0.3, 0.4) is 0 Å². The van der Waals surface area contributed by atoms with Crippen molar-refractivity contribution >= 4 is 28.4 Å². The van der Waals surface area contributed by atoms with Crippen molar-refractivity contribution in [2.75, 3.05) is 0 Å². The molecule has 2 heterocycles. The summed E-state index contributed by atoms with van der Waals surface area (Å²) in [6.45, 7) is 1.85. The van der Waals surface area contributed by atoms with Crippen molar-refractivity contribution in [3.05, 3.63) is 52.5 Å². The molecule has 3 aromatic rings. The Morgan fingerprint density at radius 1 is 1.37 bits per heavy atom. The van der Waals surface area contributed by atoms with Crippen molar-refractivity contribution in [2.45, 2.75) is 6.92 Å². The second kappa shape index (κ2) is 4.24. The first-order valence-corrected chi connectivity index (χ1v) is 6.16. The van der Waals surface area contributed by atoms with Crippen molar-refractivity contribution in [1.82, 2.24) is 9.78 Å². The monoisotopic (exact) mass is 274 g/mol.